The molecule has 0 aromatic heterocycles. The van der Waals surface area contributed by atoms with Gasteiger partial charge in [0.2, 0.25) is 0 Å². The van der Waals surface area contributed by atoms with Crippen LogP contribution in [-0.2, 0) is 15.7 Å². The monoisotopic (exact) mass is 608 g/mol. The lowest BCUT2D eigenvalue weighted by atomic mass is 9.90. The summed E-state index contributed by atoms with van der Waals surface area (Å²) in [7, 11) is -0.318. The summed E-state index contributed by atoms with van der Waals surface area (Å²) in [5.41, 5.74) is 2.64. The van der Waals surface area contributed by atoms with Gasteiger partial charge >= 0.3 is 6.09 Å². The molecule has 0 N–H and O–H groups in total. The van der Waals surface area contributed by atoms with Crippen molar-refractivity contribution >= 4 is 20.2 Å². The van der Waals surface area contributed by atoms with E-state index in [2.05, 4.69) is 69.1 Å². The maximum Gasteiger partial charge on any atom is 0.410 e. The summed E-state index contributed by atoms with van der Waals surface area (Å²) in [6.07, 6.45) is 4.00. The Hall–Kier alpha value is -2.48. The van der Waals surface area contributed by atoms with Gasteiger partial charge in [-0.3, -0.25) is 9.69 Å². The fourth-order valence-electron chi connectivity index (χ4n) is 5.21. The first-order chi connectivity index (χ1) is 20.0. The molecule has 1 saturated heterocycles. The molecule has 0 aliphatic carbocycles. The Morgan fingerprint density at radius 1 is 0.953 bits per heavy atom. The third-order valence-corrected chi connectivity index (χ3v) is 13.5. The molecule has 6 nitrogen and oxygen atoms in total. The number of Topliss-reactive ketones (excluding diaryl/α,β-unsaturated/α-hetero) is 1. The summed E-state index contributed by atoms with van der Waals surface area (Å²) in [6.45, 7) is 20.6. The molecule has 1 unspecified atom stereocenters. The number of carbonyl (C=O) groups is 2. The number of hydrogen-bond acceptors (Lipinski definition) is 5. The molecule has 1 atom stereocenters. The molecule has 0 saturated carbocycles. The standard InChI is InChI=1S/C36H56N2O4Si/c1-35(2,3)41-34(40)37(7)24-23-33(42-43(8,9)36(4,5)6)31-18-16-30(17-19-31)32(39)20-15-28-21-25-38(26-22-28)27-29-13-11-10-12-14-29/h10-14,16-19,28,33H,15,20-27H2,1-9H3. The first kappa shape index (κ1) is 35.0. The van der Waals surface area contributed by atoms with E-state index >= 15 is 0 Å². The van der Waals surface area contributed by atoms with E-state index in [9.17, 15) is 9.59 Å². The number of piperidine rings is 1. The van der Waals surface area contributed by atoms with Crippen LogP contribution in [0.5, 0.6) is 0 Å². The average Bonchev–Trinajstić information content (AvgIpc) is 2.93. The predicted molar refractivity (Wildman–Crippen MR) is 179 cm³/mol. The van der Waals surface area contributed by atoms with Gasteiger partial charge in [-0.25, -0.2) is 4.79 Å². The van der Waals surface area contributed by atoms with Crippen LogP contribution in [0.25, 0.3) is 0 Å². The minimum atomic E-state index is -2.09. The molecule has 0 spiro atoms. The van der Waals surface area contributed by atoms with E-state index in [1.807, 2.05) is 45.0 Å². The number of benzene rings is 2. The second-order valence-corrected chi connectivity index (χ2v) is 19.6. The summed E-state index contributed by atoms with van der Waals surface area (Å²) in [5.74, 6) is 0.823. The molecule has 2 aromatic rings. The van der Waals surface area contributed by atoms with Crippen molar-refractivity contribution in [3.63, 3.8) is 0 Å². The lowest BCUT2D eigenvalue weighted by Crippen LogP contribution is -2.42. The van der Waals surface area contributed by atoms with Crippen LogP contribution in [0.2, 0.25) is 18.1 Å². The van der Waals surface area contributed by atoms with Crippen LogP contribution in [0.15, 0.2) is 54.6 Å². The molecule has 1 amide bonds. The largest absolute Gasteiger partial charge is 0.444 e. The molecule has 3 rings (SSSR count). The van der Waals surface area contributed by atoms with Gasteiger partial charge in [-0.05, 0) is 94.7 Å². The number of rotatable bonds is 12. The third kappa shape index (κ3) is 11.2. The van der Waals surface area contributed by atoms with Gasteiger partial charge in [-0.15, -0.1) is 0 Å². The summed E-state index contributed by atoms with van der Waals surface area (Å²) in [4.78, 5) is 29.9. The molecule has 1 aliphatic rings. The second-order valence-electron chi connectivity index (χ2n) is 14.8. The Labute approximate surface area is 262 Å². The second kappa shape index (κ2) is 15.0. The summed E-state index contributed by atoms with van der Waals surface area (Å²) >= 11 is 0. The van der Waals surface area contributed by atoms with Gasteiger partial charge in [0.15, 0.2) is 14.1 Å². The molecular weight excluding hydrogens is 552 g/mol. The smallest absolute Gasteiger partial charge is 0.410 e. The van der Waals surface area contributed by atoms with E-state index in [0.717, 1.165) is 50.0 Å². The van der Waals surface area contributed by atoms with Crippen LogP contribution in [0, 0.1) is 5.92 Å². The van der Waals surface area contributed by atoms with E-state index in [1.165, 1.54) is 5.56 Å². The number of carbonyl (C=O) groups excluding carboxylic acids is 2. The molecule has 7 heteroatoms. The zero-order valence-corrected chi connectivity index (χ0v) is 29.2. The van der Waals surface area contributed by atoms with Crippen molar-refractivity contribution in [2.24, 2.45) is 5.92 Å². The molecule has 2 aromatic carbocycles. The van der Waals surface area contributed by atoms with Crippen LogP contribution in [0.4, 0.5) is 4.79 Å². The van der Waals surface area contributed by atoms with Gasteiger partial charge in [0, 0.05) is 32.1 Å². The van der Waals surface area contributed by atoms with Crippen LogP contribution >= 0.6 is 0 Å². The van der Waals surface area contributed by atoms with E-state index in [4.69, 9.17) is 9.16 Å². The van der Waals surface area contributed by atoms with E-state index in [1.54, 1.807) is 11.9 Å². The van der Waals surface area contributed by atoms with Crippen molar-refractivity contribution in [1.29, 1.82) is 0 Å². The topological polar surface area (TPSA) is 59.1 Å². The summed E-state index contributed by atoms with van der Waals surface area (Å²) < 4.78 is 12.4. The maximum atomic E-state index is 13.1. The number of ether oxygens (including phenoxy) is 1. The van der Waals surface area contributed by atoms with Gasteiger partial charge < -0.3 is 14.1 Å². The molecule has 0 bridgehead atoms. The van der Waals surface area contributed by atoms with Crippen molar-refractivity contribution in [3.05, 3.63) is 71.3 Å². The first-order valence-electron chi connectivity index (χ1n) is 16.1. The van der Waals surface area contributed by atoms with Gasteiger partial charge in [-0.2, -0.15) is 0 Å². The Balaban J connectivity index is 1.57. The lowest BCUT2D eigenvalue weighted by molar-refractivity contribution is 0.0275. The fraction of sp³-hybridized carbons (Fsp3) is 0.611. The average molecular weight is 609 g/mol. The number of amides is 1. The van der Waals surface area contributed by atoms with E-state index in [-0.39, 0.29) is 23.0 Å². The number of likely N-dealkylation sites (tertiary alicyclic amines) is 1. The third-order valence-electron chi connectivity index (χ3n) is 9.02. The minimum absolute atomic E-state index is 0.0515. The minimum Gasteiger partial charge on any atom is -0.444 e. The molecule has 0 radical (unpaired) electrons. The highest BCUT2D eigenvalue weighted by Gasteiger charge is 2.39. The highest BCUT2D eigenvalue weighted by molar-refractivity contribution is 6.74. The van der Waals surface area contributed by atoms with E-state index < -0.39 is 13.9 Å². The number of nitrogens with zero attached hydrogens (tertiary/aromatic N) is 2. The number of hydrogen-bond donors (Lipinski definition) is 0. The van der Waals surface area contributed by atoms with Crippen molar-refractivity contribution in [3.8, 4) is 0 Å². The summed E-state index contributed by atoms with van der Waals surface area (Å²) in [6, 6.07) is 18.7. The van der Waals surface area contributed by atoms with Crippen molar-refractivity contribution in [1.82, 2.24) is 9.80 Å². The molecule has 1 heterocycles. The molecule has 238 valence electrons. The lowest BCUT2D eigenvalue weighted by Gasteiger charge is -2.40. The van der Waals surface area contributed by atoms with E-state index in [0.29, 0.717) is 25.3 Å². The maximum absolute atomic E-state index is 13.1. The van der Waals surface area contributed by atoms with Crippen LogP contribution in [0.1, 0.15) is 101 Å². The molecule has 43 heavy (non-hydrogen) atoms. The zero-order valence-electron chi connectivity index (χ0n) is 28.2. The van der Waals surface area contributed by atoms with Crippen LogP contribution < -0.4 is 0 Å². The number of ketones is 1. The quantitative estimate of drug-likeness (QED) is 0.178. The first-order valence-corrected chi connectivity index (χ1v) is 19.0. The Kier molecular flexibility index (Phi) is 12.2. The Morgan fingerprint density at radius 2 is 1.56 bits per heavy atom. The molecule has 1 fully saturated rings. The zero-order chi connectivity index (χ0) is 31.8. The highest BCUT2D eigenvalue weighted by Crippen LogP contribution is 2.40. The Bertz CT molecular complexity index is 1160. The van der Waals surface area contributed by atoms with Gasteiger partial charge in [-0.1, -0.05) is 75.4 Å². The highest BCUT2D eigenvalue weighted by atomic mass is 28.4. The summed E-state index contributed by atoms with van der Waals surface area (Å²) in [5, 5.41) is 0.0515. The van der Waals surface area contributed by atoms with Crippen molar-refractivity contribution < 1.29 is 18.8 Å². The van der Waals surface area contributed by atoms with Crippen LogP contribution in [0.3, 0.4) is 0 Å². The fourth-order valence-corrected chi connectivity index (χ4v) is 6.52. The van der Waals surface area contributed by atoms with Gasteiger partial charge in [0.25, 0.3) is 0 Å². The molecule has 1 aliphatic heterocycles. The normalized spacial score (nSPS) is 16.1. The van der Waals surface area contributed by atoms with Crippen molar-refractivity contribution in [2.45, 2.75) is 110 Å². The van der Waals surface area contributed by atoms with Gasteiger partial charge in [0.05, 0.1) is 6.10 Å². The van der Waals surface area contributed by atoms with Gasteiger partial charge in [0.1, 0.15) is 5.60 Å². The predicted octanol–water partition coefficient (Wildman–Crippen LogP) is 8.88. The SMILES string of the molecule is CN(CCC(O[Si](C)(C)C(C)(C)C)c1ccc(C(=O)CCC2CCN(Cc3ccccc3)CC2)cc1)C(=O)OC(C)(C)C. The Morgan fingerprint density at radius 3 is 2.12 bits per heavy atom. The molecular formula is C36H56N2O4Si. The van der Waals surface area contributed by atoms with Crippen LogP contribution in [-0.4, -0.2) is 62.3 Å². The van der Waals surface area contributed by atoms with Crippen molar-refractivity contribution in [2.75, 3.05) is 26.7 Å².